The molecule has 0 saturated heterocycles. The van der Waals surface area contributed by atoms with E-state index in [2.05, 4.69) is 37.0 Å². The Hall–Kier alpha value is -1.31. The van der Waals surface area contributed by atoms with Crippen molar-refractivity contribution in [2.75, 3.05) is 0 Å². The van der Waals surface area contributed by atoms with Crippen molar-refractivity contribution in [2.24, 2.45) is 5.10 Å². The van der Waals surface area contributed by atoms with Crippen molar-refractivity contribution < 1.29 is 0 Å². The molecule has 2 nitrogen and oxygen atoms in total. The molecule has 0 fully saturated rings. The number of hydrogen-bond donors (Lipinski definition) is 1. The van der Waals surface area contributed by atoms with E-state index < -0.39 is 0 Å². The lowest BCUT2D eigenvalue weighted by molar-refractivity contribution is 0.924. The van der Waals surface area contributed by atoms with Crippen LogP contribution < -0.4 is 5.43 Å². The van der Waals surface area contributed by atoms with Crippen LogP contribution in [0.5, 0.6) is 0 Å². The van der Waals surface area contributed by atoms with E-state index in [4.69, 9.17) is 0 Å². The van der Waals surface area contributed by atoms with Gasteiger partial charge in [0.05, 0.1) is 0 Å². The zero-order chi connectivity index (χ0) is 10.3. The summed E-state index contributed by atoms with van der Waals surface area (Å²) in [5.74, 6) is 0. The molecule has 0 aromatic heterocycles. The Morgan fingerprint density at radius 3 is 2.31 bits per heavy atom. The van der Waals surface area contributed by atoms with Gasteiger partial charge in [0.2, 0.25) is 0 Å². The summed E-state index contributed by atoms with van der Waals surface area (Å²) >= 11 is 0. The molecule has 1 N–H and O–H groups in total. The molecule has 0 unspecified atom stereocenters. The third-order valence-corrected chi connectivity index (χ3v) is 1.78. The standard InChI is InChI=1S/C11H18N2/c1-6-9(3)10(4)8-11(5)13-12-7-2/h6-8,13H,5H2,1-4H3/b9-6-,10-8-,12-7-. The van der Waals surface area contributed by atoms with Crippen molar-refractivity contribution in [3.05, 3.63) is 35.6 Å². The van der Waals surface area contributed by atoms with Gasteiger partial charge in [-0.3, -0.25) is 5.43 Å². The van der Waals surface area contributed by atoms with E-state index >= 15 is 0 Å². The lowest BCUT2D eigenvalue weighted by Crippen LogP contribution is -2.01. The molecule has 0 rings (SSSR count). The van der Waals surface area contributed by atoms with E-state index in [0.29, 0.717) is 0 Å². The van der Waals surface area contributed by atoms with E-state index in [-0.39, 0.29) is 0 Å². The first-order valence-corrected chi connectivity index (χ1v) is 4.36. The van der Waals surface area contributed by atoms with Gasteiger partial charge in [-0.1, -0.05) is 18.2 Å². The molecule has 0 aliphatic rings. The Kier molecular flexibility index (Phi) is 5.60. The number of hydrogen-bond acceptors (Lipinski definition) is 2. The van der Waals surface area contributed by atoms with Gasteiger partial charge in [-0.15, -0.1) is 0 Å². The Labute approximate surface area is 80.7 Å². The van der Waals surface area contributed by atoms with Crippen molar-refractivity contribution in [2.45, 2.75) is 27.7 Å². The molecule has 0 heterocycles. The quantitative estimate of drug-likeness (QED) is 0.399. The third kappa shape index (κ3) is 5.01. The van der Waals surface area contributed by atoms with E-state index in [1.54, 1.807) is 6.21 Å². The molecule has 0 saturated carbocycles. The second kappa shape index (κ2) is 6.23. The lowest BCUT2D eigenvalue weighted by Gasteiger charge is -2.02. The molecule has 2 heteroatoms. The van der Waals surface area contributed by atoms with E-state index in [1.807, 2.05) is 19.9 Å². The summed E-state index contributed by atoms with van der Waals surface area (Å²) in [5, 5.41) is 3.87. The average molecular weight is 178 g/mol. The molecule has 72 valence electrons. The highest BCUT2D eigenvalue weighted by molar-refractivity contribution is 5.53. The van der Waals surface area contributed by atoms with Crippen LogP contribution in [0.3, 0.4) is 0 Å². The minimum Gasteiger partial charge on any atom is -0.279 e. The van der Waals surface area contributed by atoms with Gasteiger partial charge in [-0.05, 0) is 39.3 Å². The van der Waals surface area contributed by atoms with Gasteiger partial charge >= 0.3 is 0 Å². The lowest BCUT2D eigenvalue weighted by atomic mass is 10.1. The molecule has 0 atom stereocenters. The highest BCUT2D eigenvalue weighted by Crippen LogP contribution is 2.08. The number of allylic oxidation sites excluding steroid dienone is 4. The van der Waals surface area contributed by atoms with Crippen LogP contribution in [0.1, 0.15) is 27.7 Å². The fourth-order valence-corrected chi connectivity index (χ4v) is 0.783. The molecule has 13 heavy (non-hydrogen) atoms. The minimum atomic E-state index is 0.803. The summed E-state index contributed by atoms with van der Waals surface area (Å²) in [6.45, 7) is 11.8. The summed E-state index contributed by atoms with van der Waals surface area (Å²) in [4.78, 5) is 0. The van der Waals surface area contributed by atoms with Crippen LogP contribution in [-0.4, -0.2) is 6.21 Å². The number of hydrazone groups is 1. The molecular formula is C11H18N2. The van der Waals surface area contributed by atoms with Gasteiger partial charge in [-0.2, -0.15) is 5.10 Å². The van der Waals surface area contributed by atoms with Crippen LogP contribution >= 0.6 is 0 Å². The highest BCUT2D eigenvalue weighted by Gasteiger charge is 1.91. The first kappa shape index (κ1) is 11.7. The summed E-state index contributed by atoms with van der Waals surface area (Å²) in [6, 6.07) is 0. The summed E-state index contributed by atoms with van der Waals surface area (Å²) in [5.41, 5.74) is 6.07. The largest absolute Gasteiger partial charge is 0.279 e. The van der Waals surface area contributed by atoms with Crippen LogP contribution in [0.2, 0.25) is 0 Å². The van der Waals surface area contributed by atoms with Crippen molar-refractivity contribution in [3.8, 4) is 0 Å². The molecule has 0 radical (unpaired) electrons. The van der Waals surface area contributed by atoms with Gasteiger partial charge in [0.1, 0.15) is 0 Å². The van der Waals surface area contributed by atoms with E-state index in [9.17, 15) is 0 Å². The van der Waals surface area contributed by atoms with Gasteiger partial charge in [0, 0.05) is 11.9 Å². The number of rotatable bonds is 4. The molecular weight excluding hydrogens is 160 g/mol. The van der Waals surface area contributed by atoms with Gasteiger partial charge < -0.3 is 0 Å². The average Bonchev–Trinajstić information content (AvgIpc) is 2.13. The SMILES string of the molecule is C=C(/C=C(C)\C(C)=C/C)N/N=C\C. The van der Waals surface area contributed by atoms with E-state index in [0.717, 1.165) is 5.70 Å². The molecule has 0 aromatic carbocycles. The zero-order valence-electron chi connectivity index (χ0n) is 8.89. The van der Waals surface area contributed by atoms with Gasteiger partial charge in [0.15, 0.2) is 0 Å². The fraction of sp³-hybridized carbons (Fsp3) is 0.364. The molecule has 0 aliphatic heterocycles. The third-order valence-electron chi connectivity index (χ3n) is 1.78. The van der Waals surface area contributed by atoms with Crippen molar-refractivity contribution in [1.29, 1.82) is 0 Å². The summed E-state index contributed by atoms with van der Waals surface area (Å²) < 4.78 is 0. The van der Waals surface area contributed by atoms with Gasteiger partial charge in [-0.25, -0.2) is 0 Å². The second-order valence-corrected chi connectivity index (χ2v) is 2.82. The Balaban J connectivity index is 4.31. The van der Waals surface area contributed by atoms with Crippen LogP contribution in [0.4, 0.5) is 0 Å². The maximum Gasteiger partial charge on any atom is 0.0492 e. The predicted octanol–water partition coefficient (Wildman–Crippen LogP) is 3.01. The number of nitrogens with one attached hydrogen (secondary N) is 1. The number of nitrogens with zero attached hydrogens (tertiary/aromatic N) is 1. The highest BCUT2D eigenvalue weighted by atomic mass is 15.3. The van der Waals surface area contributed by atoms with Gasteiger partial charge in [0.25, 0.3) is 0 Å². The van der Waals surface area contributed by atoms with Crippen LogP contribution in [-0.2, 0) is 0 Å². The van der Waals surface area contributed by atoms with Crippen LogP contribution in [0.15, 0.2) is 40.7 Å². The second-order valence-electron chi connectivity index (χ2n) is 2.82. The summed E-state index contributed by atoms with van der Waals surface area (Å²) in [6.07, 6.45) is 5.74. The maximum absolute atomic E-state index is 3.87. The van der Waals surface area contributed by atoms with E-state index in [1.165, 1.54) is 11.1 Å². The fourth-order valence-electron chi connectivity index (χ4n) is 0.783. The first-order chi connectivity index (χ1) is 6.11. The van der Waals surface area contributed by atoms with Crippen molar-refractivity contribution >= 4 is 6.21 Å². The molecule has 0 aliphatic carbocycles. The first-order valence-electron chi connectivity index (χ1n) is 4.36. The topological polar surface area (TPSA) is 24.4 Å². The Morgan fingerprint density at radius 1 is 1.23 bits per heavy atom. The molecule has 0 amide bonds. The zero-order valence-corrected chi connectivity index (χ0v) is 8.89. The monoisotopic (exact) mass is 178 g/mol. The Morgan fingerprint density at radius 2 is 1.85 bits per heavy atom. The maximum atomic E-state index is 3.87. The summed E-state index contributed by atoms with van der Waals surface area (Å²) in [7, 11) is 0. The van der Waals surface area contributed by atoms with Crippen molar-refractivity contribution in [3.63, 3.8) is 0 Å². The smallest absolute Gasteiger partial charge is 0.0492 e. The molecule has 0 aromatic rings. The van der Waals surface area contributed by atoms with Crippen molar-refractivity contribution in [1.82, 2.24) is 5.43 Å². The normalized spacial score (nSPS) is 13.5. The minimum absolute atomic E-state index is 0.803. The molecule has 0 spiro atoms. The molecule has 0 bridgehead atoms. The van der Waals surface area contributed by atoms with Crippen LogP contribution in [0, 0.1) is 0 Å². The van der Waals surface area contributed by atoms with Crippen LogP contribution in [0.25, 0.3) is 0 Å². The Bertz CT molecular complexity index is 257. The predicted molar refractivity (Wildman–Crippen MR) is 59.6 cm³/mol.